The topological polar surface area (TPSA) is 80.9 Å². The van der Waals surface area contributed by atoms with E-state index in [1.165, 1.54) is 0 Å². The summed E-state index contributed by atoms with van der Waals surface area (Å²) in [5.74, 6) is -0.281. The molecule has 0 aliphatic rings. The second kappa shape index (κ2) is 4.97. The highest BCUT2D eigenvalue weighted by molar-refractivity contribution is 5.74. The molecule has 0 saturated carbocycles. The minimum atomic E-state index is -0.870. The molecule has 0 fully saturated rings. The van der Waals surface area contributed by atoms with Gasteiger partial charge in [0.25, 0.3) is 0 Å². The molecule has 0 aliphatic heterocycles. The van der Waals surface area contributed by atoms with Crippen molar-refractivity contribution in [2.24, 2.45) is 0 Å². The van der Waals surface area contributed by atoms with Crippen LogP contribution in [-0.2, 0) is 11.2 Å². The summed E-state index contributed by atoms with van der Waals surface area (Å²) >= 11 is 0. The van der Waals surface area contributed by atoms with Crippen LogP contribution in [0.15, 0.2) is 30.5 Å². The summed E-state index contributed by atoms with van der Waals surface area (Å²) in [6, 6.07) is 7.58. The number of rotatable bonds is 3. The summed E-state index contributed by atoms with van der Waals surface area (Å²) in [7, 11) is 0. The van der Waals surface area contributed by atoms with Gasteiger partial charge in [0.15, 0.2) is 5.82 Å². The van der Waals surface area contributed by atoms with E-state index < -0.39 is 5.97 Å². The van der Waals surface area contributed by atoms with Gasteiger partial charge in [0, 0.05) is 11.3 Å². The van der Waals surface area contributed by atoms with E-state index in [0.717, 1.165) is 22.3 Å². The van der Waals surface area contributed by atoms with E-state index >= 15 is 0 Å². The molecule has 0 atom stereocenters. The van der Waals surface area contributed by atoms with E-state index in [4.69, 9.17) is 5.11 Å². The molecule has 0 spiro atoms. The zero-order valence-electron chi connectivity index (χ0n) is 11.7. The van der Waals surface area contributed by atoms with Crippen molar-refractivity contribution < 1.29 is 9.90 Å². The van der Waals surface area contributed by atoms with Crippen LogP contribution in [0.5, 0.6) is 0 Å². The van der Waals surface area contributed by atoms with Crippen LogP contribution in [0.25, 0.3) is 16.9 Å². The van der Waals surface area contributed by atoms with Crippen molar-refractivity contribution >= 4 is 17.0 Å². The molecule has 0 saturated heterocycles. The maximum absolute atomic E-state index is 10.9. The SMILES string of the molecule is Cc1nn(-c2cnc3ccccc3n2)c(C)c1CC(=O)O. The summed E-state index contributed by atoms with van der Waals surface area (Å²) in [6.45, 7) is 3.64. The molecule has 0 bridgehead atoms. The Labute approximate surface area is 121 Å². The zero-order chi connectivity index (χ0) is 15.0. The summed E-state index contributed by atoms with van der Waals surface area (Å²) in [5, 5.41) is 13.4. The summed E-state index contributed by atoms with van der Waals surface area (Å²) in [4.78, 5) is 19.8. The molecular weight excluding hydrogens is 268 g/mol. The van der Waals surface area contributed by atoms with Crippen LogP contribution in [0.3, 0.4) is 0 Å². The fourth-order valence-electron chi connectivity index (χ4n) is 2.35. The maximum Gasteiger partial charge on any atom is 0.307 e. The van der Waals surface area contributed by atoms with Gasteiger partial charge in [-0.2, -0.15) is 5.10 Å². The third-order valence-corrected chi connectivity index (χ3v) is 3.42. The Bertz CT molecular complexity index is 839. The average molecular weight is 282 g/mol. The first-order chi connectivity index (χ1) is 10.1. The zero-order valence-corrected chi connectivity index (χ0v) is 11.7. The van der Waals surface area contributed by atoms with Gasteiger partial charge in [0.2, 0.25) is 0 Å². The predicted molar refractivity (Wildman–Crippen MR) is 77.5 cm³/mol. The van der Waals surface area contributed by atoms with Crippen molar-refractivity contribution in [2.75, 3.05) is 0 Å². The Morgan fingerprint density at radius 3 is 2.67 bits per heavy atom. The van der Waals surface area contributed by atoms with Gasteiger partial charge in [0.1, 0.15) is 0 Å². The van der Waals surface area contributed by atoms with E-state index in [9.17, 15) is 4.79 Å². The van der Waals surface area contributed by atoms with Crippen molar-refractivity contribution in [3.05, 3.63) is 47.4 Å². The number of carbonyl (C=O) groups is 1. The number of carboxylic acids is 1. The molecule has 0 radical (unpaired) electrons. The number of aliphatic carboxylic acids is 1. The van der Waals surface area contributed by atoms with Gasteiger partial charge < -0.3 is 5.11 Å². The molecule has 0 aliphatic carbocycles. The molecule has 2 aromatic heterocycles. The molecule has 1 aromatic carbocycles. The van der Waals surface area contributed by atoms with Crippen molar-refractivity contribution in [3.8, 4) is 5.82 Å². The molecular formula is C15H14N4O2. The predicted octanol–water partition coefficient (Wildman–Crippen LogP) is 2.06. The molecule has 2 heterocycles. The first-order valence-electron chi connectivity index (χ1n) is 6.55. The Kier molecular flexibility index (Phi) is 3.13. The Balaban J connectivity index is 2.12. The third kappa shape index (κ3) is 2.35. The minimum absolute atomic E-state index is 0.0430. The number of aromatic nitrogens is 4. The molecule has 3 aromatic rings. The molecule has 6 nitrogen and oxygen atoms in total. The third-order valence-electron chi connectivity index (χ3n) is 3.42. The molecule has 106 valence electrons. The van der Waals surface area contributed by atoms with Crippen LogP contribution in [-0.4, -0.2) is 30.8 Å². The number of hydrogen-bond acceptors (Lipinski definition) is 4. The number of nitrogens with zero attached hydrogens (tertiary/aromatic N) is 4. The molecule has 3 rings (SSSR count). The normalized spacial score (nSPS) is 11.0. The van der Waals surface area contributed by atoms with Gasteiger partial charge in [-0.25, -0.2) is 9.67 Å². The second-order valence-corrected chi connectivity index (χ2v) is 4.85. The van der Waals surface area contributed by atoms with E-state index in [0.29, 0.717) is 11.5 Å². The average Bonchev–Trinajstić information content (AvgIpc) is 2.74. The number of benzene rings is 1. The smallest absolute Gasteiger partial charge is 0.307 e. The van der Waals surface area contributed by atoms with Crippen LogP contribution in [0.1, 0.15) is 17.0 Å². The first kappa shape index (κ1) is 13.2. The molecule has 21 heavy (non-hydrogen) atoms. The monoisotopic (exact) mass is 282 g/mol. The Morgan fingerprint density at radius 2 is 1.95 bits per heavy atom. The van der Waals surface area contributed by atoms with Gasteiger partial charge >= 0.3 is 5.97 Å². The van der Waals surface area contributed by atoms with Crippen molar-refractivity contribution in [1.29, 1.82) is 0 Å². The molecule has 0 unspecified atom stereocenters. The molecule has 0 amide bonds. The van der Waals surface area contributed by atoms with E-state index in [2.05, 4.69) is 15.1 Å². The van der Waals surface area contributed by atoms with Gasteiger partial charge in [-0.3, -0.25) is 9.78 Å². The first-order valence-corrected chi connectivity index (χ1v) is 6.55. The lowest BCUT2D eigenvalue weighted by molar-refractivity contribution is -0.136. The molecule has 1 N–H and O–H groups in total. The maximum atomic E-state index is 10.9. The van der Waals surface area contributed by atoms with Gasteiger partial charge in [-0.05, 0) is 26.0 Å². The second-order valence-electron chi connectivity index (χ2n) is 4.85. The number of carboxylic acid groups (broad SMARTS) is 1. The lowest BCUT2D eigenvalue weighted by Gasteiger charge is -2.05. The number of fused-ring (bicyclic) bond motifs is 1. The highest BCUT2D eigenvalue weighted by Gasteiger charge is 2.16. The fourth-order valence-corrected chi connectivity index (χ4v) is 2.35. The summed E-state index contributed by atoms with van der Waals surface area (Å²) < 4.78 is 1.65. The highest BCUT2D eigenvalue weighted by Crippen LogP contribution is 2.18. The largest absolute Gasteiger partial charge is 0.481 e. The lowest BCUT2D eigenvalue weighted by Crippen LogP contribution is -2.05. The van der Waals surface area contributed by atoms with Crippen LogP contribution >= 0.6 is 0 Å². The number of aryl methyl sites for hydroxylation is 1. The fraction of sp³-hybridized carbons (Fsp3) is 0.200. The van der Waals surface area contributed by atoms with Crippen molar-refractivity contribution in [2.45, 2.75) is 20.3 Å². The summed E-state index contributed by atoms with van der Waals surface area (Å²) in [5.41, 5.74) is 3.79. The lowest BCUT2D eigenvalue weighted by atomic mass is 10.1. The minimum Gasteiger partial charge on any atom is -0.481 e. The Morgan fingerprint density at radius 1 is 1.24 bits per heavy atom. The molecule has 6 heteroatoms. The number of hydrogen-bond donors (Lipinski definition) is 1. The van der Waals surface area contributed by atoms with Crippen LogP contribution in [0.2, 0.25) is 0 Å². The number of para-hydroxylation sites is 2. The quantitative estimate of drug-likeness (QED) is 0.795. The van der Waals surface area contributed by atoms with Crippen molar-refractivity contribution in [1.82, 2.24) is 19.7 Å². The van der Waals surface area contributed by atoms with Crippen LogP contribution in [0.4, 0.5) is 0 Å². The van der Waals surface area contributed by atoms with Gasteiger partial charge in [-0.1, -0.05) is 12.1 Å². The highest BCUT2D eigenvalue weighted by atomic mass is 16.4. The van der Waals surface area contributed by atoms with E-state index in [1.54, 1.807) is 17.8 Å². The van der Waals surface area contributed by atoms with Crippen LogP contribution in [0, 0.1) is 13.8 Å². The van der Waals surface area contributed by atoms with E-state index in [-0.39, 0.29) is 6.42 Å². The van der Waals surface area contributed by atoms with E-state index in [1.807, 2.05) is 31.2 Å². The Hall–Kier alpha value is -2.76. The standard InChI is InChI=1S/C15H14N4O2/c1-9-11(7-15(20)21)10(2)19(18-9)14-8-16-12-5-3-4-6-13(12)17-14/h3-6,8H,7H2,1-2H3,(H,20,21). The van der Waals surface area contributed by atoms with Crippen LogP contribution < -0.4 is 0 Å². The summed E-state index contributed by atoms with van der Waals surface area (Å²) in [6.07, 6.45) is 1.60. The van der Waals surface area contributed by atoms with Gasteiger partial charge in [0.05, 0.1) is 29.3 Å². The van der Waals surface area contributed by atoms with Crippen molar-refractivity contribution in [3.63, 3.8) is 0 Å². The van der Waals surface area contributed by atoms with Gasteiger partial charge in [-0.15, -0.1) is 0 Å².